The van der Waals surface area contributed by atoms with Gasteiger partial charge in [-0.25, -0.2) is 17.5 Å². The molecule has 1 aromatic carbocycles. The number of nitrogens with one attached hydrogen (secondary N) is 1. The molecule has 5 nitrogen and oxygen atoms in total. The maximum Gasteiger partial charge on any atom is 0.243 e. The Morgan fingerprint density at radius 3 is 2.62 bits per heavy atom. The number of rotatable bonds is 5. The van der Waals surface area contributed by atoms with Gasteiger partial charge in [-0.05, 0) is 44.0 Å². The van der Waals surface area contributed by atoms with Crippen LogP contribution in [0.1, 0.15) is 24.1 Å². The minimum Gasteiger partial charge on any atom is -0.268 e. The Labute approximate surface area is 123 Å². The molecular formula is C14H18FN3O2S. The molecule has 2 rings (SSSR count). The summed E-state index contributed by atoms with van der Waals surface area (Å²) in [6.07, 6.45) is 3.52. The summed E-state index contributed by atoms with van der Waals surface area (Å²) in [5.74, 6) is -0.745. The van der Waals surface area contributed by atoms with Gasteiger partial charge in [0.05, 0.1) is 12.2 Å². The second kappa shape index (κ2) is 5.95. The zero-order valence-corrected chi connectivity index (χ0v) is 13.0. The van der Waals surface area contributed by atoms with Crippen molar-refractivity contribution in [1.29, 1.82) is 0 Å². The topological polar surface area (TPSA) is 64.0 Å². The molecule has 1 atom stereocenters. The molecule has 0 saturated carbocycles. The molecule has 0 spiro atoms. The largest absolute Gasteiger partial charge is 0.268 e. The maximum absolute atomic E-state index is 13.8. The van der Waals surface area contributed by atoms with E-state index in [-0.39, 0.29) is 17.5 Å². The number of benzene rings is 1. The van der Waals surface area contributed by atoms with Gasteiger partial charge in [0, 0.05) is 12.7 Å². The van der Waals surface area contributed by atoms with Crippen LogP contribution in [-0.4, -0.2) is 24.7 Å². The third kappa shape index (κ3) is 3.68. The van der Waals surface area contributed by atoms with Crippen LogP contribution >= 0.6 is 0 Å². The van der Waals surface area contributed by atoms with Crippen LogP contribution in [0.3, 0.4) is 0 Å². The van der Waals surface area contributed by atoms with Crippen molar-refractivity contribution in [3.05, 3.63) is 47.5 Å². The van der Waals surface area contributed by atoms with E-state index >= 15 is 0 Å². The number of sulfonamides is 1. The van der Waals surface area contributed by atoms with Crippen molar-refractivity contribution in [3.63, 3.8) is 0 Å². The van der Waals surface area contributed by atoms with Crippen molar-refractivity contribution in [2.24, 2.45) is 0 Å². The fourth-order valence-corrected chi connectivity index (χ4v) is 3.08. The molecule has 21 heavy (non-hydrogen) atoms. The Kier molecular flexibility index (Phi) is 4.43. The molecule has 0 aliphatic heterocycles. The van der Waals surface area contributed by atoms with Crippen molar-refractivity contribution in [1.82, 2.24) is 14.5 Å². The van der Waals surface area contributed by atoms with Crippen molar-refractivity contribution in [2.45, 2.75) is 31.7 Å². The summed E-state index contributed by atoms with van der Waals surface area (Å²) in [6.45, 7) is 5.58. The van der Waals surface area contributed by atoms with E-state index in [2.05, 4.69) is 9.82 Å². The summed E-state index contributed by atoms with van der Waals surface area (Å²) in [5, 5.41) is 4.13. The average Bonchev–Trinajstić information content (AvgIpc) is 2.82. The predicted molar refractivity (Wildman–Crippen MR) is 78.0 cm³/mol. The highest BCUT2D eigenvalue weighted by molar-refractivity contribution is 7.89. The van der Waals surface area contributed by atoms with Gasteiger partial charge in [-0.1, -0.05) is 6.07 Å². The number of aryl methyl sites for hydroxylation is 2. The highest BCUT2D eigenvalue weighted by atomic mass is 32.2. The van der Waals surface area contributed by atoms with Crippen molar-refractivity contribution in [3.8, 4) is 0 Å². The zero-order chi connectivity index (χ0) is 15.6. The number of aromatic nitrogens is 2. The summed E-state index contributed by atoms with van der Waals surface area (Å²) >= 11 is 0. The molecule has 1 aromatic heterocycles. The van der Waals surface area contributed by atoms with Crippen LogP contribution < -0.4 is 4.72 Å². The van der Waals surface area contributed by atoms with Crippen LogP contribution in [0.4, 0.5) is 4.39 Å². The molecule has 0 bridgehead atoms. The fourth-order valence-electron chi connectivity index (χ4n) is 1.90. The Hall–Kier alpha value is -1.73. The van der Waals surface area contributed by atoms with Gasteiger partial charge < -0.3 is 0 Å². The summed E-state index contributed by atoms with van der Waals surface area (Å²) < 4.78 is 42.1. The quantitative estimate of drug-likeness (QED) is 0.920. The molecule has 0 radical (unpaired) electrons. The number of halogens is 1. The molecule has 0 aliphatic rings. The standard InChI is InChI=1S/C14H18FN3O2S/c1-10-4-5-14(13(15)6-10)21(19,20)17-8-12(3)18-9-11(2)7-16-18/h4-7,9,12,17H,8H2,1-3H3. The van der Waals surface area contributed by atoms with Gasteiger partial charge in [-0.3, -0.25) is 4.68 Å². The number of hydrogen-bond acceptors (Lipinski definition) is 3. The van der Waals surface area contributed by atoms with Crippen LogP contribution in [0.15, 0.2) is 35.5 Å². The minimum atomic E-state index is -3.87. The van der Waals surface area contributed by atoms with Gasteiger partial charge in [0.1, 0.15) is 10.7 Å². The normalized spacial score (nSPS) is 13.3. The molecule has 0 aliphatic carbocycles. The molecule has 0 fully saturated rings. The van der Waals surface area contributed by atoms with Gasteiger partial charge in [-0.2, -0.15) is 5.10 Å². The highest BCUT2D eigenvalue weighted by Crippen LogP contribution is 2.16. The third-order valence-corrected chi connectivity index (χ3v) is 4.58. The van der Waals surface area contributed by atoms with Crippen LogP contribution in [0.2, 0.25) is 0 Å². The van der Waals surface area contributed by atoms with Gasteiger partial charge in [-0.15, -0.1) is 0 Å². The average molecular weight is 311 g/mol. The fraction of sp³-hybridized carbons (Fsp3) is 0.357. The Morgan fingerprint density at radius 1 is 1.33 bits per heavy atom. The lowest BCUT2D eigenvalue weighted by Gasteiger charge is -2.14. The summed E-state index contributed by atoms with van der Waals surface area (Å²) in [4.78, 5) is -0.336. The number of nitrogens with zero attached hydrogens (tertiary/aromatic N) is 2. The van der Waals surface area contributed by atoms with Crippen LogP contribution in [0, 0.1) is 19.7 Å². The Balaban J connectivity index is 2.11. The number of hydrogen-bond donors (Lipinski definition) is 1. The second-order valence-corrected chi connectivity index (χ2v) is 6.87. The van der Waals surface area contributed by atoms with E-state index in [1.165, 1.54) is 12.1 Å². The predicted octanol–water partition coefficient (Wildman–Crippen LogP) is 2.18. The van der Waals surface area contributed by atoms with Crippen molar-refractivity contribution in [2.75, 3.05) is 6.54 Å². The van der Waals surface area contributed by atoms with Gasteiger partial charge in [0.25, 0.3) is 0 Å². The second-order valence-electron chi connectivity index (χ2n) is 5.13. The molecule has 7 heteroatoms. The Bertz CT molecular complexity index is 740. The molecule has 0 amide bonds. The molecule has 1 N–H and O–H groups in total. The van der Waals surface area contributed by atoms with Crippen LogP contribution in [0.25, 0.3) is 0 Å². The van der Waals surface area contributed by atoms with E-state index in [1.807, 2.05) is 20.0 Å². The van der Waals surface area contributed by atoms with Gasteiger partial charge in [0.2, 0.25) is 10.0 Å². The van der Waals surface area contributed by atoms with E-state index < -0.39 is 15.8 Å². The van der Waals surface area contributed by atoms with Crippen molar-refractivity contribution >= 4 is 10.0 Å². The monoisotopic (exact) mass is 311 g/mol. The first-order valence-corrected chi connectivity index (χ1v) is 8.04. The summed E-state index contributed by atoms with van der Waals surface area (Å²) in [5.41, 5.74) is 1.67. The smallest absolute Gasteiger partial charge is 0.243 e. The summed E-state index contributed by atoms with van der Waals surface area (Å²) in [6, 6.07) is 3.88. The molecule has 1 heterocycles. The lowest BCUT2D eigenvalue weighted by molar-refractivity contribution is 0.477. The first-order chi connectivity index (χ1) is 9.79. The SMILES string of the molecule is Cc1ccc(S(=O)(=O)NCC(C)n2cc(C)cn2)c(F)c1. The van der Waals surface area contributed by atoms with E-state index in [4.69, 9.17) is 0 Å². The molecular weight excluding hydrogens is 293 g/mol. The first-order valence-electron chi connectivity index (χ1n) is 6.56. The van der Waals surface area contributed by atoms with Gasteiger partial charge in [0.15, 0.2) is 0 Å². The highest BCUT2D eigenvalue weighted by Gasteiger charge is 2.20. The van der Waals surface area contributed by atoms with Crippen LogP contribution in [0.5, 0.6) is 0 Å². The zero-order valence-electron chi connectivity index (χ0n) is 12.2. The van der Waals surface area contributed by atoms with Gasteiger partial charge >= 0.3 is 0 Å². The first kappa shape index (κ1) is 15.7. The maximum atomic E-state index is 13.8. The minimum absolute atomic E-state index is 0.136. The van der Waals surface area contributed by atoms with E-state index in [0.29, 0.717) is 5.56 Å². The Morgan fingerprint density at radius 2 is 2.05 bits per heavy atom. The van der Waals surface area contributed by atoms with E-state index in [9.17, 15) is 12.8 Å². The van der Waals surface area contributed by atoms with Crippen LogP contribution in [-0.2, 0) is 10.0 Å². The van der Waals surface area contributed by atoms with Crippen molar-refractivity contribution < 1.29 is 12.8 Å². The lowest BCUT2D eigenvalue weighted by atomic mass is 10.2. The molecule has 0 saturated heterocycles. The molecule has 2 aromatic rings. The van der Waals surface area contributed by atoms with E-state index in [1.54, 1.807) is 23.9 Å². The molecule has 1 unspecified atom stereocenters. The summed E-state index contributed by atoms with van der Waals surface area (Å²) in [7, 11) is -3.87. The molecule has 114 valence electrons. The van der Waals surface area contributed by atoms with E-state index in [0.717, 1.165) is 5.56 Å². The lowest BCUT2D eigenvalue weighted by Crippen LogP contribution is -2.30. The third-order valence-electron chi connectivity index (χ3n) is 3.13.